The van der Waals surface area contributed by atoms with Crippen LogP contribution < -0.4 is 10.2 Å². The van der Waals surface area contributed by atoms with Crippen LogP contribution in [0.4, 0.5) is 5.82 Å². The van der Waals surface area contributed by atoms with Crippen molar-refractivity contribution in [3.63, 3.8) is 0 Å². The van der Waals surface area contributed by atoms with Crippen LogP contribution >= 0.6 is 0 Å². The molecule has 0 radical (unpaired) electrons. The lowest BCUT2D eigenvalue weighted by atomic mass is 10.0. The Balaban J connectivity index is 2.07. The first-order valence-electron chi connectivity index (χ1n) is 7.07. The molecule has 1 aliphatic rings. The molecule has 1 atom stereocenters. The van der Waals surface area contributed by atoms with Gasteiger partial charge in [-0.05, 0) is 45.4 Å². The molecule has 1 aromatic heterocycles. The second kappa shape index (κ2) is 6.53. The highest BCUT2D eigenvalue weighted by molar-refractivity contribution is 5.42. The fourth-order valence-electron chi connectivity index (χ4n) is 2.51. The molecule has 102 valence electrons. The Hall–Kier alpha value is -1.60. The number of anilines is 1. The Morgan fingerprint density at radius 1 is 1.47 bits per heavy atom. The van der Waals surface area contributed by atoms with Crippen LogP contribution in [-0.4, -0.2) is 30.2 Å². The van der Waals surface area contributed by atoms with Crippen molar-refractivity contribution in [2.24, 2.45) is 0 Å². The highest BCUT2D eigenvalue weighted by Crippen LogP contribution is 2.17. The van der Waals surface area contributed by atoms with E-state index in [0.29, 0.717) is 17.6 Å². The van der Waals surface area contributed by atoms with Crippen molar-refractivity contribution in [3.05, 3.63) is 23.9 Å². The molecule has 0 bridgehead atoms. The molecule has 1 aliphatic heterocycles. The predicted molar refractivity (Wildman–Crippen MR) is 77.1 cm³/mol. The molecular formula is C15H22N4. The standard InChI is InChI=1S/C15H22N4/c1-12(2)19(11-14-5-3-4-8-17-14)15-7-6-13(9-16)10-18-15/h6-7,10,12,14,17H,3-5,8,11H2,1-2H3. The van der Waals surface area contributed by atoms with Crippen molar-refractivity contribution in [3.8, 4) is 6.07 Å². The van der Waals surface area contributed by atoms with Crippen molar-refractivity contribution in [1.29, 1.82) is 5.26 Å². The van der Waals surface area contributed by atoms with Gasteiger partial charge in [0.05, 0.1) is 5.56 Å². The SMILES string of the molecule is CC(C)N(CC1CCCCN1)c1ccc(C#N)cn1. The molecule has 2 rings (SSSR count). The van der Waals surface area contributed by atoms with E-state index in [1.54, 1.807) is 6.20 Å². The highest BCUT2D eigenvalue weighted by atomic mass is 15.2. The zero-order valence-corrected chi connectivity index (χ0v) is 11.8. The fourth-order valence-corrected chi connectivity index (χ4v) is 2.51. The smallest absolute Gasteiger partial charge is 0.128 e. The van der Waals surface area contributed by atoms with Gasteiger partial charge in [-0.15, -0.1) is 0 Å². The molecule has 1 saturated heterocycles. The van der Waals surface area contributed by atoms with Gasteiger partial charge in [0, 0.05) is 24.8 Å². The summed E-state index contributed by atoms with van der Waals surface area (Å²) in [4.78, 5) is 6.72. The number of nitriles is 1. The maximum atomic E-state index is 8.82. The van der Waals surface area contributed by atoms with Crippen LogP contribution in [0.1, 0.15) is 38.7 Å². The number of hydrogen-bond donors (Lipinski definition) is 1. The van der Waals surface area contributed by atoms with Crippen molar-refractivity contribution in [2.45, 2.75) is 45.2 Å². The average Bonchev–Trinajstić information content (AvgIpc) is 2.46. The molecule has 1 unspecified atom stereocenters. The predicted octanol–water partition coefficient (Wildman–Crippen LogP) is 2.31. The fraction of sp³-hybridized carbons (Fsp3) is 0.600. The molecule has 0 aromatic carbocycles. The van der Waals surface area contributed by atoms with E-state index < -0.39 is 0 Å². The van der Waals surface area contributed by atoms with E-state index in [0.717, 1.165) is 18.9 Å². The topological polar surface area (TPSA) is 52.0 Å². The minimum absolute atomic E-state index is 0.407. The van der Waals surface area contributed by atoms with Gasteiger partial charge in [-0.1, -0.05) is 6.42 Å². The van der Waals surface area contributed by atoms with Crippen molar-refractivity contribution in [2.75, 3.05) is 18.0 Å². The lowest BCUT2D eigenvalue weighted by Gasteiger charge is -2.34. The Morgan fingerprint density at radius 2 is 2.32 bits per heavy atom. The average molecular weight is 258 g/mol. The van der Waals surface area contributed by atoms with Crippen LogP contribution in [0.25, 0.3) is 0 Å². The summed E-state index contributed by atoms with van der Waals surface area (Å²) in [6, 6.07) is 6.85. The Kier molecular flexibility index (Phi) is 4.75. The van der Waals surface area contributed by atoms with E-state index in [2.05, 4.69) is 35.1 Å². The number of piperidine rings is 1. The number of rotatable bonds is 4. The lowest BCUT2D eigenvalue weighted by molar-refractivity contribution is 0.392. The van der Waals surface area contributed by atoms with E-state index in [4.69, 9.17) is 5.26 Å². The van der Waals surface area contributed by atoms with Gasteiger partial charge in [0.2, 0.25) is 0 Å². The highest BCUT2D eigenvalue weighted by Gasteiger charge is 2.19. The molecule has 1 N–H and O–H groups in total. The van der Waals surface area contributed by atoms with Crippen molar-refractivity contribution >= 4 is 5.82 Å². The van der Waals surface area contributed by atoms with Crippen LogP contribution in [0.3, 0.4) is 0 Å². The van der Waals surface area contributed by atoms with Crippen LogP contribution in [0.2, 0.25) is 0 Å². The van der Waals surface area contributed by atoms with Gasteiger partial charge in [0.1, 0.15) is 11.9 Å². The van der Waals surface area contributed by atoms with Crippen molar-refractivity contribution < 1.29 is 0 Å². The summed E-state index contributed by atoms with van der Waals surface area (Å²) in [6.07, 6.45) is 5.48. The Labute approximate surface area is 115 Å². The van der Waals surface area contributed by atoms with E-state index in [9.17, 15) is 0 Å². The number of aromatic nitrogens is 1. The van der Waals surface area contributed by atoms with Crippen LogP contribution in [0, 0.1) is 11.3 Å². The molecule has 1 fully saturated rings. The maximum Gasteiger partial charge on any atom is 0.128 e. The molecule has 0 amide bonds. The molecule has 4 nitrogen and oxygen atoms in total. The summed E-state index contributed by atoms with van der Waals surface area (Å²) in [7, 11) is 0. The van der Waals surface area contributed by atoms with Gasteiger partial charge in [-0.3, -0.25) is 0 Å². The minimum Gasteiger partial charge on any atom is -0.353 e. The summed E-state index contributed by atoms with van der Waals surface area (Å²) in [5.74, 6) is 0.960. The van der Waals surface area contributed by atoms with Gasteiger partial charge in [0.25, 0.3) is 0 Å². The molecule has 0 aliphatic carbocycles. The summed E-state index contributed by atoms with van der Waals surface area (Å²) in [6.45, 7) is 6.47. The first kappa shape index (κ1) is 13.8. The molecule has 2 heterocycles. The third-order valence-electron chi connectivity index (χ3n) is 3.62. The second-order valence-electron chi connectivity index (χ2n) is 5.41. The minimum atomic E-state index is 0.407. The van der Waals surface area contributed by atoms with E-state index in [-0.39, 0.29) is 0 Å². The Morgan fingerprint density at radius 3 is 2.84 bits per heavy atom. The van der Waals surface area contributed by atoms with Crippen molar-refractivity contribution in [1.82, 2.24) is 10.3 Å². The van der Waals surface area contributed by atoms with Gasteiger partial charge >= 0.3 is 0 Å². The summed E-state index contributed by atoms with van der Waals surface area (Å²) in [5, 5.41) is 12.4. The maximum absolute atomic E-state index is 8.82. The number of hydrogen-bond acceptors (Lipinski definition) is 4. The van der Waals surface area contributed by atoms with Gasteiger partial charge < -0.3 is 10.2 Å². The lowest BCUT2D eigenvalue weighted by Crippen LogP contribution is -2.46. The first-order chi connectivity index (χ1) is 9.20. The van der Waals surface area contributed by atoms with E-state index in [1.807, 2.05) is 12.1 Å². The third-order valence-corrected chi connectivity index (χ3v) is 3.62. The molecule has 0 saturated carbocycles. The van der Waals surface area contributed by atoms with Crippen LogP contribution in [0.5, 0.6) is 0 Å². The molecule has 4 heteroatoms. The van der Waals surface area contributed by atoms with Gasteiger partial charge in [-0.25, -0.2) is 4.98 Å². The second-order valence-corrected chi connectivity index (χ2v) is 5.41. The zero-order valence-electron chi connectivity index (χ0n) is 11.8. The largest absolute Gasteiger partial charge is 0.353 e. The quantitative estimate of drug-likeness (QED) is 0.900. The summed E-state index contributed by atoms with van der Waals surface area (Å²) >= 11 is 0. The molecule has 19 heavy (non-hydrogen) atoms. The van der Waals surface area contributed by atoms with Crippen LogP contribution in [-0.2, 0) is 0 Å². The summed E-state index contributed by atoms with van der Waals surface area (Å²) in [5.41, 5.74) is 0.614. The summed E-state index contributed by atoms with van der Waals surface area (Å²) < 4.78 is 0. The number of pyridine rings is 1. The van der Waals surface area contributed by atoms with Crippen LogP contribution in [0.15, 0.2) is 18.3 Å². The number of nitrogens with zero attached hydrogens (tertiary/aromatic N) is 3. The molecule has 1 aromatic rings. The van der Waals surface area contributed by atoms with E-state index in [1.165, 1.54) is 19.3 Å². The zero-order chi connectivity index (χ0) is 13.7. The monoisotopic (exact) mass is 258 g/mol. The van der Waals surface area contributed by atoms with Gasteiger partial charge in [0.15, 0.2) is 0 Å². The van der Waals surface area contributed by atoms with Gasteiger partial charge in [-0.2, -0.15) is 5.26 Å². The third kappa shape index (κ3) is 3.68. The van der Waals surface area contributed by atoms with E-state index >= 15 is 0 Å². The number of nitrogens with one attached hydrogen (secondary N) is 1. The Bertz CT molecular complexity index is 426. The first-order valence-corrected chi connectivity index (χ1v) is 7.07. The normalized spacial score (nSPS) is 19.2. The molecule has 0 spiro atoms. The molecular weight excluding hydrogens is 236 g/mol.